The van der Waals surface area contributed by atoms with E-state index in [4.69, 9.17) is 4.98 Å². The molecule has 1 aromatic carbocycles. The van der Waals surface area contributed by atoms with Crippen molar-refractivity contribution < 1.29 is 0 Å². The van der Waals surface area contributed by atoms with Crippen LogP contribution >= 0.6 is 0 Å². The van der Waals surface area contributed by atoms with E-state index in [1.54, 1.807) is 12.3 Å². The van der Waals surface area contributed by atoms with Crippen molar-refractivity contribution in [2.24, 2.45) is 0 Å². The molecule has 3 heterocycles. The molecule has 25 heavy (non-hydrogen) atoms. The van der Waals surface area contributed by atoms with Crippen LogP contribution in [0.2, 0.25) is 0 Å². The summed E-state index contributed by atoms with van der Waals surface area (Å²) in [5.41, 5.74) is 2.74. The van der Waals surface area contributed by atoms with Crippen LogP contribution in [0.4, 0.5) is 0 Å². The highest BCUT2D eigenvalue weighted by Gasteiger charge is 2.27. The van der Waals surface area contributed by atoms with Crippen LogP contribution < -0.4 is 5.56 Å². The average molecular weight is 335 g/mol. The number of benzene rings is 1. The molecule has 0 radical (unpaired) electrons. The Morgan fingerprint density at radius 1 is 1.08 bits per heavy atom. The molecule has 1 saturated carbocycles. The van der Waals surface area contributed by atoms with E-state index in [-0.39, 0.29) is 5.56 Å². The molecule has 1 fully saturated rings. The molecule has 0 N–H and O–H groups in total. The van der Waals surface area contributed by atoms with Gasteiger partial charge in [0.05, 0.1) is 16.7 Å². The van der Waals surface area contributed by atoms with Gasteiger partial charge < -0.3 is 4.57 Å². The molecule has 2 aromatic heterocycles. The maximum Gasteiger partial charge on any atom is 0.271 e. The lowest BCUT2D eigenvalue weighted by Crippen LogP contribution is -2.41. The van der Waals surface area contributed by atoms with Crippen molar-refractivity contribution in [1.29, 1.82) is 0 Å². The molecule has 0 unspecified atom stereocenters. The Labute approximate surface area is 145 Å². The lowest BCUT2D eigenvalue weighted by atomic mass is 9.91. The number of fused-ring (bicyclic) bond motifs is 3. The predicted molar refractivity (Wildman–Crippen MR) is 96.0 cm³/mol. The largest absolute Gasteiger partial charge is 0.327 e. The van der Waals surface area contributed by atoms with Crippen LogP contribution in [0.3, 0.4) is 0 Å². The average Bonchev–Trinajstić information content (AvgIpc) is 2.80. The van der Waals surface area contributed by atoms with Crippen molar-refractivity contribution in [3.63, 3.8) is 0 Å². The first kappa shape index (κ1) is 14.8. The van der Waals surface area contributed by atoms with E-state index < -0.39 is 0 Å². The fourth-order valence-electron chi connectivity index (χ4n) is 3.99. The number of aromatic nitrogens is 4. The second-order valence-corrected chi connectivity index (χ2v) is 7.00. The molecule has 6 heteroatoms. The normalized spacial score (nSPS) is 18.7. The smallest absolute Gasteiger partial charge is 0.271 e. The van der Waals surface area contributed by atoms with E-state index in [1.165, 1.54) is 30.0 Å². The highest BCUT2D eigenvalue weighted by molar-refractivity contribution is 5.78. The van der Waals surface area contributed by atoms with Crippen LogP contribution in [-0.4, -0.2) is 43.4 Å². The van der Waals surface area contributed by atoms with Crippen LogP contribution in [0.1, 0.15) is 25.1 Å². The molecule has 0 amide bonds. The maximum atomic E-state index is 12.0. The van der Waals surface area contributed by atoms with Gasteiger partial charge in [0, 0.05) is 44.4 Å². The highest BCUT2D eigenvalue weighted by Crippen LogP contribution is 2.27. The summed E-state index contributed by atoms with van der Waals surface area (Å²) in [5, 5.41) is 4.16. The number of rotatable bonds is 2. The fraction of sp³-hybridized carbons (Fsp3) is 0.421. The topological polar surface area (TPSA) is 56.0 Å². The second-order valence-electron chi connectivity index (χ2n) is 7.00. The molecule has 0 spiro atoms. The standard InChI is InChI=1S/C19H21N5O/c25-19-5-2-9-20-24(19)15-6-7-17-16(13-15)21-18-8-10-22(11-12-23(17)18)14-3-1-4-14/h2,5-7,9,13-14H,1,3-4,8,10-12H2. The second kappa shape index (κ2) is 5.81. The van der Waals surface area contributed by atoms with Crippen molar-refractivity contribution >= 4 is 11.0 Å². The minimum Gasteiger partial charge on any atom is -0.327 e. The fourth-order valence-corrected chi connectivity index (χ4v) is 3.99. The molecule has 6 nitrogen and oxygen atoms in total. The van der Waals surface area contributed by atoms with Crippen molar-refractivity contribution in [1.82, 2.24) is 24.2 Å². The summed E-state index contributed by atoms with van der Waals surface area (Å²) in [7, 11) is 0. The van der Waals surface area contributed by atoms with Gasteiger partial charge in [-0.2, -0.15) is 9.78 Å². The zero-order valence-electron chi connectivity index (χ0n) is 14.1. The Bertz CT molecular complexity index is 985. The van der Waals surface area contributed by atoms with Gasteiger partial charge in [0.2, 0.25) is 0 Å². The minimum absolute atomic E-state index is 0.126. The third kappa shape index (κ3) is 2.48. The molecule has 0 atom stereocenters. The third-order valence-electron chi connectivity index (χ3n) is 5.60. The van der Waals surface area contributed by atoms with E-state index in [0.29, 0.717) is 0 Å². The van der Waals surface area contributed by atoms with E-state index >= 15 is 0 Å². The predicted octanol–water partition coefficient (Wildman–Crippen LogP) is 1.99. The van der Waals surface area contributed by atoms with E-state index in [9.17, 15) is 4.79 Å². The quantitative estimate of drug-likeness (QED) is 0.719. The molecule has 1 aliphatic carbocycles. The monoisotopic (exact) mass is 335 g/mol. The molecule has 3 aromatic rings. The summed E-state index contributed by atoms with van der Waals surface area (Å²) in [6.45, 7) is 3.19. The van der Waals surface area contributed by atoms with E-state index in [2.05, 4.69) is 20.6 Å². The van der Waals surface area contributed by atoms with Gasteiger partial charge in [-0.1, -0.05) is 6.42 Å². The Morgan fingerprint density at radius 3 is 2.80 bits per heavy atom. The number of imidazole rings is 1. The first-order valence-electron chi connectivity index (χ1n) is 9.07. The number of hydrogen-bond acceptors (Lipinski definition) is 4. The van der Waals surface area contributed by atoms with E-state index in [1.807, 2.05) is 12.1 Å². The van der Waals surface area contributed by atoms with Crippen molar-refractivity contribution in [3.05, 3.63) is 52.7 Å². The van der Waals surface area contributed by atoms with Gasteiger partial charge in [-0.05, 0) is 37.1 Å². The van der Waals surface area contributed by atoms with Crippen LogP contribution in [0.15, 0.2) is 41.3 Å². The third-order valence-corrected chi connectivity index (χ3v) is 5.60. The van der Waals surface area contributed by atoms with Gasteiger partial charge in [-0.3, -0.25) is 9.69 Å². The molecule has 1 aliphatic heterocycles. The zero-order valence-corrected chi connectivity index (χ0v) is 14.1. The summed E-state index contributed by atoms with van der Waals surface area (Å²) < 4.78 is 3.77. The summed E-state index contributed by atoms with van der Waals surface area (Å²) >= 11 is 0. The maximum absolute atomic E-state index is 12.0. The van der Waals surface area contributed by atoms with Gasteiger partial charge in [0.15, 0.2) is 0 Å². The minimum atomic E-state index is -0.126. The summed E-state index contributed by atoms with van der Waals surface area (Å²) in [4.78, 5) is 19.5. The van der Waals surface area contributed by atoms with Crippen LogP contribution in [-0.2, 0) is 13.0 Å². The van der Waals surface area contributed by atoms with Crippen molar-refractivity contribution in [2.75, 3.05) is 13.1 Å². The molecule has 128 valence electrons. The Hall–Kier alpha value is -2.47. The van der Waals surface area contributed by atoms with Gasteiger partial charge in [-0.25, -0.2) is 4.98 Å². The molecule has 2 aliphatic rings. The molecular formula is C19H21N5O. The first-order valence-corrected chi connectivity index (χ1v) is 9.07. The first-order chi connectivity index (χ1) is 12.3. The van der Waals surface area contributed by atoms with Gasteiger partial charge >= 0.3 is 0 Å². The summed E-state index contributed by atoms with van der Waals surface area (Å²) in [6, 6.07) is 9.97. The van der Waals surface area contributed by atoms with Crippen LogP contribution in [0.25, 0.3) is 16.7 Å². The Morgan fingerprint density at radius 2 is 2.00 bits per heavy atom. The van der Waals surface area contributed by atoms with Crippen molar-refractivity contribution in [3.8, 4) is 5.69 Å². The summed E-state index contributed by atoms with van der Waals surface area (Å²) in [6.07, 6.45) is 6.70. The van der Waals surface area contributed by atoms with Crippen molar-refractivity contribution in [2.45, 2.75) is 38.3 Å². The zero-order chi connectivity index (χ0) is 16.8. The lowest BCUT2D eigenvalue weighted by molar-refractivity contribution is 0.130. The molecular weight excluding hydrogens is 314 g/mol. The van der Waals surface area contributed by atoms with Gasteiger partial charge in [-0.15, -0.1) is 0 Å². The van der Waals surface area contributed by atoms with Crippen LogP contribution in [0, 0.1) is 0 Å². The highest BCUT2D eigenvalue weighted by atomic mass is 16.1. The number of hydrogen-bond donors (Lipinski definition) is 0. The molecule has 5 rings (SSSR count). The molecule has 0 bridgehead atoms. The summed E-state index contributed by atoms with van der Waals surface area (Å²) in [5.74, 6) is 1.15. The Kier molecular flexibility index (Phi) is 3.45. The van der Waals surface area contributed by atoms with Crippen LogP contribution in [0.5, 0.6) is 0 Å². The SMILES string of the molecule is O=c1cccnn1-c1ccc2c(c1)nc1n2CCN(C2CCC2)CC1. The van der Waals surface area contributed by atoms with Gasteiger partial charge in [0.25, 0.3) is 5.56 Å². The van der Waals surface area contributed by atoms with Gasteiger partial charge in [0.1, 0.15) is 5.82 Å². The molecule has 0 saturated heterocycles. The van der Waals surface area contributed by atoms with E-state index in [0.717, 1.165) is 54.6 Å². The lowest BCUT2D eigenvalue weighted by Gasteiger charge is -2.36. The number of nitrogens with zero attached hydrogens (tertiary/aromatic N) is 5. The Balaban J connectivity index is 1.50.